The van der Waals surface area contributed by atoms with Crippen LogP contribution in [-0.4, -0.2) is 25.2 Å². The molecule has 0 bridgehead atoms. The molecule has 0 amide bonds. The first-order valence-corrected chi connectivity index (χ1v) is 12.3. The maximum absolute atomic E-state index is 9.04. The first-order chi connectivity index (χ1) is 15.7. The quantitative estimate of drug-likeness (QED) is 0.186. The van der Waals surface area contributed by atoms with Crippen molar-refractivity contribution in [3.05, 3.63) is 102 Å². The fraction of sp³-hybridized carbons (Fsp3) is 0.308. The number of benzene rings is 3. The first-order valence-electron chi connectivity index (χ1n) is 11.0. The van der Waals surface area contributed by atoms with E-state index >= 15 is 0 Å². The smallest absolute Gasteiger partial charge is 0.250 e. The van der Waals surface area contributed by atoms with E-state index in [4.69, 9.17) is 19.7 Å². The van der Waals surface area contributed by atoms with Crippen LogP contribution in [-0.2, 0) is 10.1 Å². The van der Waals surface area contributed by atoms with E-state index in [0.29, 0.717) is 6.61 Å². The molecule has 6 heteroatoms. The molecule has 5 nitrogen and oxygen atoms in total. The van der Waals surface area contributed by atoms with Crippen molar-refractivity contribution >= 4 is 8.53 Å². The van der Waals surface area contributed by atoms with Gasteiger partial charge in [0.05, 0.1) is 19.3 Å². The van der Waals surface area contributed by atoms with Crippen molar-refractivity contribution in [2.45, 2.75) is 31.2 Å². The molecule has 0 saturated heterocycles. The Morgan fingerprint density at radius 3 is 1.84 bits per heavy atom. The lowest BCUT2D eigenvalue weighted by molar-refractivity contribution is 0.298. The Morgan fingerprint density at radius 2 is 1.31 bits per heavy atom. The zero-order valence-corrected chi connectivity index (χ0v) is 19.5. The van der Waals surface area contributed by atoms with Crippen molar-refractivity contribution in [2.24, 2.45) is 5.50 Å². The molecule has 0 saturated carbocycles. The van der Waals surface area contributed by atoms with Crippen molar-refractivity contribution in [3.8, 4) is 5.75 Å². The molecule has 1 atom stereocenters. The third-order valence-corrected chi connectivity index (χ3v) is 6.07. The molecular weight excluding hydrogens is 419 g/mol. The SMILES string of the molecule is COc1ccc(C(NCCCCCCOP(N)O)(c2ccccc2)c2ccccc2)cc1. The van der Waals surface area contributed by atoms with E-state index in [0.717, 1.165) is 38.0 Å². The summed E-state index contributed by atoms with van der Waals surface area (Å²) in [6.45, 7) is 1.37. The number of hydrogen-bond donors (Lipinski definition) is 3. The van der Waals surface area contributed by atoms with Gasteiger partial charge >= 0.3 is 0 Å². The van der Waals surface area contributed by atoms with Gasteiger partial charge in [-0.1, -0.05) is 85.6 Å². The van der Waals surface area contributed by atoms with Gasteiger partial charge in [0.15, 0.2) is 0 Å². The lowest BCUT2D eigenvalue weighted by Crippen LogP contribution is -2.45. The standard InChI is InChI=1S/C26H33N2O3P/c1-30-25-18-16-24(17-19-25)26(22-12-6-4-7-13-22,23-14-8-5-9-15-23)28-20-10-2-3-11-21-31-32(27)29/h4-9,12-19,28-29H,2-3,10-11,20-21,27H2,1H3. The van der Waals surface area contributed by atoms with Crippen LogP contribution >= 0.6 is 8.53 Å². The molecule has 0 spiro atoms. The van der Waals surface area contributed by atoms with E-state index < -0.39 is 14.1 Å². The molecule has 0 aliphatic rings. The third-order valence-electron chi connectivity index (χ3n) is 5.62. The van der Waals surface area contributed by atoms with E-state index in [1.807, 2.05) is 12.1 Å². The molecule has 0 radical (unpaired) electrons. The molecule has 0 aliphatic heterocycles. The monoisotopic (exact) mass is 452 g/mol. The van der Waals surface area contributed by atoms with Gasteiger partial charge in [0.25, 0.3) is 0 Å². The highest BCUT2D eigenvalue weighted by Crippen LogP contribution is 2.37. The second-order valence-electron chi connectivity index (χ2n) is 7.69. The first kappa shape index (κ1) is 24.4. The van der Waals surface area contributed by atoms with Gasteiger partial charge in [0, 0.05) is 0 Å². The fourth-order valence-electron chi connectivity index (χ4n) is 4.04. The molecule has 170 valence electrons. The van der Waals surface area contributed by atoms with E-state index in [1.54, 1.807) is 7.11 Å². The van der Waals surface area contributed by atoms with E-state index in [9.17, 15) is 0 Å². The van der Waals surface area contributed by atoms with Crippen LogP contribution in [0.4, 0.5) is 0 Å². The maximum atomic E-state index is 9.04. The van der Waals surface area contributed by atoms with Crippen LogP contribution in [0.3, 0.4) is 0 Å². The molecular formula is C26H33N2O3P. The average molecular weight is 453 g/mol. The van der Waals surface area contributed by atoms with E-state index in [1.165, 1.54) is 16.7 Å². The van der Waals surface area contributed by atoms with Gasteiger partial charge in [-0.25, -0.2) is 0 Å². The zero-order chi connectivity index (χ0) is 22.7. The lowest BCUT2D eigenvalue weighted by atomic mass is 9.77. The number of methoxy groups -OCH3 is 1. The fourth-order valence-corrected chi connectivity index (χ4v) is 4.35. The minimum absolute atomic E-state index is 0.468. The van der Waals surface area contributed by atoms with Crippen molar-refractivity contribution in [3.63, 3.8) is 0 Å². The van der Waals surface area contributed by atoms with Crippen LogP contribution in [0.2, 0.25) is 0 Å². The van der Waals surface area contributed by atoms with Crippen LogP contribution in [0.15, 0.2) is 84.9 Å². The second kappa shape index (κ2) is 12.7. The molecule has 4 N–H and O–H groups in total. The Kier molecular flexibility index (Phi) is 9.66. The van der Waals surface area contributed by atoms with Crippen LogP contribution in [0, 0.1) is 0 Å². The molecule has 32 heavy (non-hydrogen) atoms. The highest BCUT2D eigenvalue weighted by atomic mass is 31.2. The van der Waals surface area contributed by atoms with E-state index in [2.05, 4.69) is 78.1 Å². The van der Waals surface area contributed by atoms with Gasteiger partial charge in [-0.05, 0) is 48.2 Å². The summed E-state index contributed by atoms with van der Waals surface area (Å²) < 4.78 is 10.5. The maximum Gasteiger partial charge on any atom is 0.250 e. The van der Waals surface area contributed by atoms with Crippen LogP contribution in [0.25, 0.3) is 0 Å². The number of nitrogens with two attached hydrogens (primary N) is 1. The topological polar surface area (TPSA) is 76.7 Å². The summed E-state index contributed by atoms with van der Waals surface area (Å²) >= 11 is 0. The number of rotatable bonds is 13. The number of nitrogens with one attached hydrogen (secondary N) is 1. The molecule has 3 aromatic carbocycles. The van der Waals surface area contributed by atoms with Crippen molar-refractivity contribution in [1.29, 1.82) is 0 Å². The molecule has 0 aliphatic carbocycles. The summed E-state index contributed by atoms with van der Waals surface area (Å²) in [6, 6.07) is 29.5. The predicted molar refractivity (Wildman–Crippen MR) is 132 cm³/mol. The number of unbranched alkanes of at least 4 members (excludes halogenated alkanes) is 3. The zero-order valence-electron chi connectivity index (χ0n) is 18.6. The Bertz CT molecular complexity index is 866. The van der Waals surface area contributed by atoms with E-state index in [-0.39, 0.29) is 0 Å². The lowest BCUT2D eigenvalue weighted by Gasteiger charge is -2.37. The average Bonchev–Trinajstić information content (AvgIpc) is 2.84. The summed E-state index contributed by atoms with van der Waals surface area (Å²) in [5, 5.41) is 3.90. The summed E-state index contributed by atoms with van der Waals surface area (Å²) in [5.41, 5.74) is 8.37. The van der Waals surface area contributed by atoms with Crippen molar-refractivity contribution in [1.82, 2.24) is 5.32 Å². The summed E-state index contributed by atoms with van der Waals surface area (Å²) in [7, 11) is -0.0562. The van der Waals surface area contributed by atoms with Crippen LogP contribution in [0.5, 0.6) is 5.75 Å². The summed E-state index contributed by atoms with van der Waals surface area (Å²) in [5.74, 6) is 0.843. The van der Waals surface area contributed by atoms with Gasteiger partial charge in [0.1, 0.15) is 5.75 Å². The number of ether oxygens (including phenoxy) is 1. The Morgan fingerprint density at radius 1 is 0.781 bits per heavy atom. The second-order valence-corrected chi connectivity index (χ2v) is 8.55. The van der Waals surface area contributed by atoms with Gasteiger partial charge in [-0.2, -0.15) is 0 Å². The molecule has 0 fully saturated rings. The van der Waals surface area contributed by atoms with Gasteiger partial charge in [0.2, 0.25) is 8.53 Å². The normalized spacial score (nSPS) is 12.5. The highest BCUT2D eigenvalue weighted by molar-refractivity contribution is 7.43. The molecule has 3 rings (SSSR count). The van der Waals surface area contributed by atoms with Gasteiger partial charge < -0.3 is 14.2 Å². The Balaban J connectivity index is 1.83. The van der Waals surface area contributed by atoms with Crippen molar-refractivity contribution in [2.75, 3.05) is 20.3 Å². The minimum atomic E-state index is -1.75. The molecule has 3 aromatic rings. The Labute approximate surface area is 192 Å². The molecule has 1 unspecified atom stereocenters. The predicted octanol–water partition coefficient (Wildman–Crippen LogP) is 5.33. The Hall–Kier alpha value is -2.27. The molecule has 0 aromatic heterocycles. The van der Waals surface area contributed by atoms with Crippen molar-refractivity contribution < 1.29 is 14.2 Å². The van der Waals surface area contributed by atoms with Crippen LogP contribution in [0.1, 0.15) is 42.4 Å². The number of hydrogen-bond acceptors (Lipinski definition) is 5. The molecule has 0 heterocycles. The minimum Gasteiger partial charge on any atom is -0.497 e. The highest BCUT2D eigenvalue weighted by Gasteiger charge is 2.35. The third kappa shape index (κ3) is 6.38. The van der Waals surface area contributed by atoms with Crippen LogP contribution < -0.4 is 15.6 Å². The summed E-state index contributed by atoms with van der Waals surface area (Å²) in [4.78, 5) is 9.04. The van der Waals surface area contributed by atoms with Gasteiger partial charge in [-0.3, -0.25) is 10.8 Å². The van der Waals surface area contributed by atoms with Gasteiger partial charge in [-0.15, -0.1) is 0 Å². The largest absolute Gasteiger partial charge is 0.497 e. The summed E-state index contributed by atoms with van der Waals surface area (Å²) in [6.07, 6.45) is 4.05.